The fourth-order valence-electron chi connectivity index (χ4n) is 1.51. The van der Waals surface area contributed by atoms with Gasteiger partial charge in [0.05, 0.1) is 0 Å². The smallest absolute Gasteiger partial charge is 0.230 e. The summed E-state index contributed by atoms with van der Waals surface area (Å²) in [7, 11) is 0. The lowest BCUT2D eigenvalue weighted by molar-refractivity contribution is -0.124. The van der Waals surface area contributed by atoms with E-state index in [9.17, 15) is 4.79 Å². The number of rotatable bonds is 4. The van der Waals surface area contributed by atoms with Crippen LogP contribution in [0.2, 0.25) is 0 Å². The zero-order valence-corrected chi connectivity index (χ0v) is 12.1. The molecule has 0 bridgehead atoms. The third kappa shape index (κ3) is 3.54. The average molecular weight is 299 g/mol. The Kier molecular flexibility index (Phi) is 4.71. The molecule has 0 unspecified atom stereocenters. The van der Waals surface area contributed by atoms with Crippen LogP contribution in [0.3, 0.4) is 0 Å². The summed E-state index contributed by atoms with van der Waals surface area (Å²) in [6.45, 7) is 6.29. The molecule has 1 aromatic rings. The van der Waals surface area contributed by atoms with Gasteiger partial charge in [-0.15, -0.1) is 0 Å². The van der Waals surface area contributed by atoms with Crippen molar-refractivity contribution in [2.24, 2.45) is 11.1 Å². The van der Waals surface area contributed by atoms with Gasteiger partial charge < -0.3 is 11.1 Å². The molecule has 0 aliphatic heterocycles. The fraction of sp³-hybridized carbons (Fsp3) is 0.462. The van der Waals surface area contributed by atoms with E-state index < -0.39 is 5.41 Å². The number of benzene rings is 1. The van der Waals surface area contributed by atoms with Crippen molar-refractivity contribution in [3.05, 3.63) is 28.2 Å². The Bertz CT molecular complexity index is 416. The maximum absolute atomic E-state index is 12.1. The molecule has 0 aromatic heterocycles. The summed E-state index contributed by atoms with van der Waals surface area (Å²) in [5.74, 6) is 0.00384. The minimum absolute atomic E-state index is 0.00384. The molecule has 17 heavy (non-hydrogen) atoms. The molecule has 3 N–H and O–H groups in total. The summed E-state index contributed by atoms with van der Waals surface area (Å²) in [5, 5.41) is 2.95. The maximum atomic E-state index is 12.1. The summed E-state index contributed by atoms with van der Waals surface area (Å²) in [6.07, 6.45) is 0.673. The molecule has 0 saturated heterocycles. The Balaban J connectivity index is 2.85. The Morgan fingerprint density at radius 1 is 1.47 bits per heavy atom. The van der Waals surface area contributed by atoms with Gasteiger partial charge in [0.2, 0.25) is 5.91 Å². The molecule has 0 aliphatic carbocycles. The topological polar surface area (TPSA) is 55.1 Å². The van der Waals surface area contributed by atoms with Crippen molar-refractivity contribution in [3.8, 4) is 0 Å². The van der Waals surface area contributed by atoms with Crippen molar-refractivity contribution >= 4 is 27.5 Å². The number of carbonyl (C=O) groups excluding carboxylic acids is 1. The quantitative estimate of drug-likeness (QED) is 0.897. The van der Waals surface area contributed by atoms with Crippen molar-refractivity contribution in [3.63, 3.8) is 0 Å². The van der Waals surface area contributed by atoms with Crippen LogP contribution in [0.5, 0.6) is 0 Å². The molecule has 1 aromatic carbocycles. The number of carbonyl (C=O) groups is 1. The van der Waals surface area contributed by atoms with E-state index in [1.54, 1.807) is 0 Å². The molecule has 0 fully saturated rings. The van der Waals surface area contributed by atoms with Gasteiger partial charge in [-0.3, -0.25) is 4.79 Å². The normalized spacial score (nSPS) is 11.4. The van der Waals surface area contributed by atoms with Crippen LogP contribution in [0.4, 0.5) is 5.69 Å². The minimum atomic E-state index is -0.441. The lowest BCUT2D eigenvalue weighted by atomic mass is 9.88. The van der Waals surface area contributed by atoms with Crippen LogP contribution in [0, 0.1) is 12.3 Å². The molecule has 0 spiro atoms. The fourth-order valence-corrected chi connectivity index (χ4v) is 1.87. The molecule has 1 rings (SSSR count). The predicted molar refractivity (Wildman–Crippen MR) is 75.0 cm³/mol. The Morgan fingerprint density at radius 2 is 2.12 bits per heavy atom. The van der Waals surface area contributed by atoms with Gasteiger partial charge in [0.1, 0.15) is 0 Å². The first-order chi connectivity index (χ1) is 7.88. The third-order valence-electron chi connectivity index (χ3n) is 2.90. The molecule has 3 nitrogen and oxygen atoms in total. The van der Waals surface area contributed by atoms with Crippen LogP contribution < -0.4 is 11.1 Å². The maximum Gasteiger partial charge on any atom is 0.230 e. The molecule has 0 aliphatic rings. The number of hydrogen-bond acceptors (Lipinski definition) is 2. The van der Waals surface area contributed by atoms with Crippen molar-refractivity contribution < 1.29 is 4.79 Å². The predicted octanol–water partition coefficient (Wildman–Crippen LogP) is 3.07. The highest BCUT2D eigenvalue weighted by Gasteiger charge is 2.26. The molecule has 1 amide bonds. The van der Waals surface area contributed by atoms with E-state index in [2.05, 4.69) is 21.2 Å². The van der Waals surface area contributed by atoms with E-state index in [-0.39, 0.29) is 5.91 Å². The van der Waals surface area contributed by atoms with E-state index in [1.165, 1.54) is 0 Å². The van der Waals surface area contributed by atoms with Gasteiger partial charge in [-0.05, 0) is 37.6 Å². The summed E-state index contributed by atoms with van der Waals surface area (Å²) in [4.78, 5) is 12.1. The lowest BCUT2D eigenvalue weighted by Crippen LogP contribution is -2.33. The SMILES string of the molecule is Cc1c(Br)cccc1NC(=O)C(C)(C)CCN. The van der Waals surface area contributed by atoms with Gasteiger partial charge in [0.25, 0.3) is 0 Å². The molecule has 94 valence electrons. The number of nitrogens with one attached hydrogen (secondary N) is 1. The first kappa shape index (κ1) is 14.2. The standard InChI is InChI=1S/C13H19BrN2O/c1-9-10(14)5-4-6-11(9)16-12(17)13(2,3)7-8-15/h4-6H,7-8,15H2,1-3H3,(H,16,17). The zero-order chi connectivity index (χ0) is 13.1. The first-order valence-corrected chi connectivity index (χ1v) is 6.44. The molecule has 0 radical (unpaired) electrons. The Hall–Kier alpha value is -0.870. The van der Waals surface area contributed by atoms with Crippen LogP contribution in [0.15, 0.2) is 22.7 Å². The first-order valence-electron chi connectivity index (χ1n) is 5.65. The highest BCUT2D eigenvalue weighted by molar-refractivity contribution is 9.10. The van der Waals surface area contributed by atoms with Gasteiger partial charge in [0, 0.05) is 15.6 Å². The van der Waals surface area contributed by atoms with Crippen molar-refractivity contribution in [1.29, 1.82) is 0 Å². The van der Waals surface area contributed by atoms with E-state index >= 15 is 0 Å². The van der Waals surface area contributed by atoms with Crippen LogP contribution >= 0.6 is 15.9 Å². The van der Waals surface area contributed by atoms with E-state index in [1.807, 2.05) is 39.0 Å². The average Bonchev–Trinajstić information content (AvgIpc) is 2.24. The van der Waals surface area contributed by atoms with E-state index in [4.69, 9.17) is 5.73 Å². The Morgan fingerprint density at radius 3 is 2.71 bits per heavy atom. The van der Waals surface area contributed by atoms with Gasteiger partial charge in [-0.2, -0.15) is 0 Å². The third-order valence-corrected chi connectivity index (χ3v) is 3.76. The highest BCUT2D eigenvalue weighted by Crippen LogP contribution is 2.27. The number of nitrogens with two attached hydrogens (primary N) is 1. The van der Waals surface area contributed by atoms with Gasteiger partial charge in [-0.1, -0.05) is 35.8 Å². The van der Waals surface area contributed by atoms with Crippen LogP contribution in [0.1, 0.15) is 25.8 Å². The molecule has 4 heteroatoms. The molecular weight excluding hydrogens is 280 g/mol. The molecule has 0 heterocycles. The molecule has 0 saturated carbocycles. The van der Waals surface area contributed by atoms with E-state index in [0.29, 0.717) is 13.0 Å². The lowest BCUT2D eigenvalue weighted by Gasteiger charge is -2.23. The zero-order valence-electron chi connectivity index (χ0n) is 10.5. The summed E-state index contributed by atoms with van der Waals surface area (Å²) in [5.41, 5.74) is 6.95. The second kappa shape index (κ2) is 5.65. The molecular formula is C13H19BrN2O. The molecule has 0 atom stereocenters. The number of anilines is 1. The Labute approximate surface area is 111 Å². The monoisotopic (exact) mass is 298 g/mol. The summed E-state index contributed by atoms with van der Waals surface area (Å²) < 4.78 is 0.993. The number of hydrogen-bond donors (Lipinski definition) is 2. The van der Waals surface area contributed by atoms with Gasteiger partial charge in [-0.25, -0.2) is 0 Å². The van der Waals surface area contributed by atoms with Crippen molar-refractivity contribution in [2.45, 2.75) is 27.2 Å². The largest absolute Gasteiger partial charge is 0.330 e. The van der Waals surface area contributed by atoms with Gasteiger partial charge in [0.15, 0.2) is 0 Å². The van der Waals surface area contributed by atoms with Gasteiger partial charge >= 0.3 is 0 Å². The van der Waals surface area contributed by atoms with Crippen molar-refractivity contribution in [2.75, 3.05) is 11.9 Å². The minimum Gasteiger partial charge on any atom is -0.330 e. The second-order valence-corrected chi connectivity index (χ2v) is 5.64. The van der Waals surface area contributed by atoms with Crippen molar-refractivity contribution in [1.82, 2.24) is 0 Å². The number of halogens is 1. The number of amides is 1. The summed E-state index contributed by atoms with van der Waals surface area (Å²) in [6, 6.07) is 5.76. The second-order valence-electron chi connectivity index (χ2n) is 4.79. The van der Waals surface area contributed by atoms with E-state index in [0.717, 1.165) is 15.7 Å². The van der Waals surface area contributed by atoms with Crippen LogP contribution in [-0.4, -0.2) is 12.5 Å². The summed E-state index contributed by atoms with van der Waals surface area (Å²) >= 11 is 3.45. The highest BCUT2D eigenvalue weighted by atomic mass is 79.9. The van der Waals surface area contributed by atoms with Crippen LogP contribution in [0.25, 0.3) is 0 Å². The van der Waals surface area contributed by atoms with Crippen LogP contribution in [-0.2, 0) is 4.79 Å².